The Morgan fingerprint density at radius 3 is 2.25 bits per heavy atom. The van der Waals surface area contributed by atoms with Crippen molar-refractivity contribution in [1.82, 2.24) is 10.2 Å². The van der Waals surface area contributed by atoms with Gasteiger partial charge in [0.1, 0.15) is 5.82 Å². The van der Waals surface area contributed by atoms with Crippen LogP contribution in [0.4, 0.5) is 11.6 Å². The summed E-state index contributed by atoms with van der Waals surface area (Å²) in [4.78, 5) is 0. The Morgan fingerprint density at radius 2 is 1.70 bits per heavy atom. The maximum Gasteiger partial charge on any atom is 0.233 e. The number of rotatable bonds is 5. The van der Waals surface area contributed by atoms with Crippen molar-refractivity contribution in [3.8, 4) is 0 Å². The van der Waals surface area contributed by atoms with Gasteiger partial charge in [0, 0.05) is 6.04 Å². The zero-order chi connectivity index (χ0) is 14.4. The molecule has 1 saturated carbocycles. The van der Waals surface area contributed by atoms with E-state index in [4.69, 9.17) is 0 Å². The molecule has 20 heavy (non-hydrogen) atoms. The van der Waals surface area contributed by atoms with E-state index in [-0.39, 0.29) is 11.6 Å². The lowest BCUT2D eigenvalue weighted by atomic mass is 10.1. The van der Waals surface area contributed by atoms with Crippen LogP contribution < -0.4 is 10.0 Å². The van der Waals surface area contributed by atoms with Gasteiger partial charge in [0.2, 0.25) is 10.0 Å². The summed E-state index contributed by atoms with van der Waals surface area (Å²) in [5.74, 6) is 0.992. The topological polar surface area (TPSA) is 84.0 Å². The van der Waals surface area contributed by atoms with E-state index in [1.807, 2.05) is 0 Å². The number of nitrogens with one attached hydrogen (secondary N) is 2. The number of nitrogens with zero attached hydrogens (tertiary/aromatic N) is 2. The first-order valence-corrected chi connectivity index (χ1v) is 8.85. The number of hydrogen-bond donors (Lipinski definition) is 2. The minimum atomic E-state index is -3.29. The molecule has 0 spiro atoms. The fourth-order valence-electron chi connectivity index (χ4n) is 2.33. The van der Waals surface area contributed by atoms with E-state index in [9.17, 15) is 8.42 Å². The predicted molar refractivity (Wildman–Crippen MR) is 80.2 cm³/mol. The molecule has 0 aromatic carbocycles. The highest BCUT2D eigenvalue weighted by Crippen LogP contribution is 2.20. The normalized spacial score (nSPS) is 17.4. The van der Waals surface area contributed by atoms with Crippen molar-refractivity contribution in [2.75, 3.05) is 15.8 Å². The highest BCUT2D eigenvalue weighted by atomic mass is 32.2. The van der Waals surface area contributed by atoms with Gasteiger partial charge in [-0.1, -0.05) is 25.7 Å². The van der Waals surface area contributed by atoms with Crippen LogP contribution in [0.15, 0.2) is 12.1 Å². The average molecular weight is 298 g/mol. The summed E-state index contributed by atoms with van der Waals surface area (Å²) in [5, 5.41) is 11.3. The summed E-state index contributed by atoms with van der Waals surface area (Å²) >= 11 is 0. The molecule has 2 N–H and O–H groups in total. The molecule has 1 aromatic heterocycles. The molecule has 1 heterocycles. The number of aromatic nitrogens is 2. The molecule has 2 rings (SSSR count). The first kappa shape index (κ1) is 15.0. The van der Waals surface area contributed by atoms with Gasteiger partial charge in [-0.15, -0.1) is 10.2 Å². The van der Waals surface area contributed by atoms with Crippen LogP contribution in [0, 0.1) is 0 Å². The van der Waals surface area contributed by atoms with Crippen LogP contribution in [0.5, 0.6) is 0 Å². The van der Waals surface area contributed by atoms with Gasteiger partial charge < -0.3 is 5.32 Å². The highest BCUT2D eigenvalue weighted by Gasteiger charge is 2.13. The molecule has 0 radical (unpaired) electrons. The minimum Gasteiger partial charge on any atom is -0.366 e. The van der Waals surface area contributed by atoms with E-state index in [0.717, 1.165) is 12.8 Å². The molecule has 0 aliphatic heterocycles. The fraction of sp³-hybridized carbons (Fsp3) is 0.692. The summed E-state index contributed by atoms with van der Waals surface area (Å²) < 4.78 is 25.2. The van der Waals surface area contributed by atoms with E-state index >= 15 is 0 Å². The molecule has 6 nitrogen and oxygen atoms in total. The van der Waals surface area contributed by atoms with Gasteiger partial charge in [-0.05, 0) is 31.9 Å². The first-order valence-electron chi connectivity index (χ1n) is 7.20. The van der Waals surface area contributed by atoms with Crippen molar-refractivity contribution in [1.29, 1.82) is 0 Å². The Labute approximate surface area is 120 Å². The maximum absolute atomic E-state index is 11.4. The lowest BCUT2D eigenvalue weighted by Crippen LogP contribution is -2.20. The Bertz CT molecular complexity index is 508. The number of anilines is 2. The van der Waals surface area contributed by atoms with Gasteiger partial charge in [-0.25, -0.2) is 8.42 Å². The third kappa shape index (κ3) is 4.63. The van der Waals surface area contributed by atoms with Gasteiger partial charge in [-0.2, -0.15) is 0 Å². The Morgan fingerprint density at radius 1 is 1.10 bits per heavy atom. The molecule has 0 unspecified atom stereocenters. The number of hydrogen-bond acceptors (Lipinski definition) is 5. The smallest absolute Gasteiger partial charge is 0.233 e. The second kappa shape index (κ2) is 6.88. The zero-order valence-corrected chi connectivity index (χ0v) is 12.6. The maximum atomic E-state index is 11.4. The van der Waals surface area contributed by atoms with E-state index in [1.165, 1.54) is 25.7 Å². The lowest BCUT2D eigenvalue weighted by Gasteiger charge is -2.16. The van der Waals surface area contributed by atoms with Crippen molar-refractivity contribution in [3.63, 3.8) is 0 Å². The van der Waals surface area contributed by atoms with E-state index in [2.05, 4.69) is 20.2 Å². The van der Waals surface area contributed by atoms with Crippen molar-refractivity contribution in [3.05, 3.63) is 12.1 Å². The van der Waals surface area contributed by atoms with E-state index in [1.54, 1.807) is 19.1 Å². The Kier molecular flexibility index (Phi) is 5.17. The Balaban J connectivity index is 1.94. The molecular formula is C13H22N4O2S. The molecule has 112 valence electrons. The van der Waals surface area contributed by atoms with Crippen LogP contribution in [0.2, 0.25) is 0 Å². The van der Waals surface area contributed by atoms with Crippen LogP contribution in [0.25, 0.3) is 0 Å². The predicted octanol–water partition coefficient (Wildman–Crippen LogP) is 2.37. The van der Waals surface area contributed by atoms with Crippen molar-refractivity contribution in [2.24, 2.45) is 0 Å². The first-order chi connectivity index (χ1) is 9.59. The molecule has 1 aromatic rings. The van der Waals surface area contributed by atoms with Crippen LogP contribution in [0.1, 0.15) is 45.4 Å². The van der Waals surface area contributed by atoms with Gasteiger partial charge >= 0.3 is 0 Å². The van der Waals surface area contributed by atoms with Gasteiger partial charge in [0.15, 0.2) is 5.82 Å². The van der Waals surface area contributed by atoms with Crippen molar-refractivity contribution >= 4 is 21.7 Å². The second-order valence-electron chi connectivity index (χ2n) is 5.14. The average Bonchev–Trinajstić information content (AvgIpc) is 2.69. The Hall–Kier alpha value is -1.37. The number of sulfonamides is 1. The summed E-state index contributed by atoms with van der Waals surface area (Å²) in [7, 11) is -3.29. The minimum absolute atomic E-state index is 0.0246. The van der Waals surface area contributed by atoms with Crippen LogP contribution >= 0.6 is 0 Å². The molecule has 0 saturated heterocycles. The zero-order valence-electron chi connectivity index (χ0n) is 11.8. The largest absolute Gasteiger partial charge is 0.366 e. The standard InChI is InChI=1S/C13H22N4O2S/c1-2-20(18,19)17-13-10-9-12(15-16-13)14-11-7-5-3-4-6-8-11/h9-11H,2-8H2,1H3,(H,14,15)(H,16,17). The molecule has 1 aliphatic carbocycles. The van der Waals surface area contributed by atoms with Gasteiger partial charge in [0.05, 0.1) is 5.75 Å². The van der Waals surface area contributed by atoms with Crippen LogP contribution in [0.3, 0.4) is 0 Å². The summed E-state index contributed by atoms with van der Waals surface area (Å²) in [6, 6.07) is 3.86. The summed E-state index contributed by atoms with van der Waals surface area (Å²) in [6.07, 6.45) is 7.43. The molecule has 1 fully saturated rings. The lowest BCUT2D eigenvalue weighted by molar-refractivity contribution is 0.602. The quantitative estimate of drug-likeness (QED) is 0.815. The molecular weight excluding hydrogens is 276 g/mol. The fourth-order valence-corrected chi connectivity index (χ4v) is 2.90. The summed E-state index contributed by atoms with van der Waals surface area (Å²) in [6.45, 7) is 1.58. The molecule has 0 bridgehead atoms. The molecule has 7 heteroatoms. The molecule has 0 amide bonds. The van der Waals surface area contributed by atoms with Crippen LogP contribution in [-0.4, -0.2) is 30.4 Å². The van der Waals surface area contributed by atoms with E-state index in [0.29, 0.717) is 11.9 Å². The van der Waals surface area contributed by atoms with Crippen molar-refractivity contribution in [2.45, 2.75) is 51.5 Å². The van der Waals surface area contributed by atoms with Gasteiger partial charge in [-0.3, -0.25) is 4.72 Å². The second-order valence-corrected chi connectivity index (χ2v) is 7.15. The molecule has 0 atom stereocenters. The highest BCUT2D eigenvalue weighted by molar-refractivity contribution is 7.92. The van der Waals surface area contributed by atoms with Crippen LogP contribution in [-0.2, 0) is 10.0 Å². The SMILES string of the molecule is CCS(=O)(=O)Nc1ccc(NC2CCCCCC2)nn1. The third-order valence-corrected chi connectivity index (χ3v) is 4.79. The van der Waals surface area contributed by atoms with E-state index < -0.39 is 10.0 Å². The monoisotopic (exact) mass is 298 g/mol. The van der Waals surface area contributed by atoms with Crippen molar-refractivity contribution < 1.29 is 8.42 Å². The molecule has 1 aliphatic rings. The van der Waals surface area contributed by atoms with Gasteiger partial charge in [0.25, 0.3) is 0 Å². The summed E-state index contributed by atoms with van der Waals surface area (Å²) in [5.41, 5.74) is 0. The third-order valence-electron chi connectivity index (χ3n) is 3.51.